The number of aromatic amines is 1. The standard InChI is InChI=1S/C28H35N3O4/c1-5-6-7-15-35-21-11-9-20(10-12-21)27-24-25(23-19(3)16-18(2)17-22(23)32)29-30-26(24)28(33)31(27)13-8-14-34-4/h9-12,16-17,27,32H,5-8,13-15H2,1-4H3,(H,29,30). The molecule has 2 N–H and O–H groups in total. The Balaban J connectivity index is 1.72. The van der Waals surface area contributed by atoms with Crippen LogP contribution in [0.2, 0.25) is 0 Å². The molecule has 0 radical (unpaired) electrons. The molecule has 1 aliphatic rings. The first-order valence-electron chi connectivity index (χ1n) is 12.4. The summed E-state index contributed by atoms with van der Waals surface area (Å²) in [4.78, 5) is 15.3. The van der Waals surface area contributed by atoms with Gasteiger partial charge in [-0.15, -0.1) is 0 Å². The number of ether oxygens (including phenoxy) is 2. The number of phenolic OH excluding ortho intramolecular Hbond substituents is 1. The number of benzene rings is 2. The van der Waals surface area contributed by atoms with Crippen LogP contribution in [0.4, 0.5) is 0 Å². The molecule has 35 heavy (non-hydrogen) atoms. The lowest BCUT2D eigenvalue weighted by Crippen LogP contribution is -2.31. The number of rotatable bonds is 11. The van der Waals surface area contributed by atoms with Gasteiger partial charge in [0.2, 0.25) is 0 Å². The third-order valence-corrected chi connectivity index (χ3v) is 6.52. The van der Waals surface area contributed by atoms with Gasteiger partial charge >= 0.3 is 0 Å². The van der Waals surface area contributed by atoms with Gasteiger partial charge in [-0.1, -0.05) is 38.0 Å². The van der Waals surface area contributed by atoms with Crippen molar-refractivity contribution in [2.75, 3.05) is 26.9 Å². The van der Waals surface area contributed by atoms with Crippen LogP contribution < -0.4 is 4.74 Å². The highest BCUT2D eigenvalue weighted by molar-refractivity contribution is 6.00. The van der Waals surface area contributed by atoms with E-state index in [9.17, 15) is 9.90 Å². The van der Waals surface area contributed by atoms with Gasteiger partial charge < -0.3 is 19.5 Å². The molecule has 186 valence electrons. The van der Waals surface area contributed by atoms with E-state index in [2.05, 4.69) is 17.1 Å². The number of unbranched alkanes of at least 4 members (excludes halogenated alkanes) is 2. The number of methoxy groups -OCH3 is 1. The fourth-order valence-electron chi connectivity index (χ4n) is 4.89. The lowest BCUT2D eigenvalue weighted by atomic mass is 9.93. The van der Waals surface area contributed by atoms with Crippen LogP contribution in [0.1, 0.15) is 71.4 Å². The molecule has 7 heteroatoms. The molecule has 0 bridgehead atoms. The molecule has 0 spiro atoms. The van der Waals surface area contributed by atoms with Gasteiger partial charge in [-0.2, -0.15) is 5.10 Å². The van der Waals surface area contributed by atoms with E-state index in [4.69, 9.17) is 9.47 Å². The quantitative estimate of drug-likeness (QED) is 0.354. The molecule has 4 rings (SSSR count). The number of nitrogens with one attached hydrogen (secondary N) is 1. The van der Waals surface area contributed by atoms with Crippen LogP contribution in [0.15, 0.2) is 36.4 Å². The van der Waals surface area contributed by atoms with Crippen LogP contribution in [-0.4, -0.2) is 53.0 Å². The molecule has 1 aromatic heterocycles. The molecule has 2 heterocycles. The lowest BCUT2D eigenvalue weighted by molar-refractivity contribution is 0.0723. The summed E-state index contributed by atoms with van der Waals surface area (Å²) in [6.45, 7) is 7.88. The monoisotopic (exact) mass is 477 g/mol. The van der Waals surface area contributed by atoms with Gasteiger partial charge in [-0.3, -0.25) is 9.89 Å². The fourth-order valence-corrected chi connectivity index (χ4v) is 4.89. The molecule has 1 aliphatic heterocycles. The minimum absolute atomic E-state index is 0.0935. The molecule has 0 aliphatic carbocycles. The maximum Gasteiger partial charge on any atom is 0.273 e. The van der Waals surface area contributed by atoms with E-state index in [-0.39, 0.29) is 17.7 Å². The molecule has 0 fully saturated rings. The van der Waals surface area contributed by atoms with Gasteiger partial charge in [0.05, 0.1) is 12.6 Å². The number of hydrogen-bond donors (Lipinski definition) is 2. The average Bonchev–Trinajstić information content (AvgIpc) is 3.36. The second kappa shape index (κ2) is 11.0. The van der Waals surface area contributed by atoms with E-state index in [0.29, 0.717) is 36.7 Å². The van der Waals surface area contributed by atoms with E-state index in [0.717, 1.165) is 53.7 Å². The molecule has 0 saturated heterocycles. The van der Waals surface area contributed by atoms with Crippen LogP contribution in [0.3, 0.4) is 0 Å². The average molecular weight is 478 g/mol. The van der Waals surface area contributed by atoms with Gasteiger partial charge in [0, 0.05) is 31.4 Å². The Labute approximate surface area is 207 Å². The number of H-pyrrole nitrogens is 1. The predicted octanol–water partition coefficient (Wildman–Crippen LogP) is 5.55. The minimum atomic E-state index is -0.322. The summed E-state index contributed by atoms with van der Waals surface area (Å²) in [6, 6.07) is 11.4. The van der Waals surface area contributed by atoms with Gasteiger partial charge in [0.25, 0.3) is 5.91 Å². The van der Waals surface area contributed by atoms with E-state index in [1.807, 2.05) is 49.1 Å². The van der Waals surface area contributed by atoms with Crippen molar-refractivity contribution < 1.29 is 19.4 Å². The molecule has 1 unspecified atom stereocenters. The summed E-state index contributed by atoms with van der Waals surface area (Å²) >= 11 is 0. The number of aromatic nitrogens is 2. The third-order valence-electron chi connectivity index (χ3n) is 6.52. The molecular formula is C28H35N3O4. The number of aryl methyl sites for hydroxylation is 2. The highest BCUT2D eigenvalue weighted by atomic mass is 16.5. The number of aromatic hydroxyl groups is 1. The van der Waals surface area contributed by atoms with Gasteiger partial charge in [-0.05, 0) is 61.6 Å². The number of carbonyl (C=O) groups excluding carboxylic acids is 1. The van der Waals surface area contributed by atoms with Crippen molar-refractivity contribution in [1.29, 1.82) is 0 Å². The molecule has 1 atom stereocenters. The van der Waals surface area contributed by atoms with Crippen LogP contribution in [0, 0.1) is 13.8 Å². The number of nitrogens with zero attached hydrogens (tertiary/aromatic N) is 2. The largest absolute Gasteiger partial charge is 0.507 e. The number of carbonyl (C=O) groups is 1. The number of phenols is 1. The molecule has 7 nitrogen and oxygen atoms in total. The number of fused-ring (bicyclic) bond motifs is 1. The van der Waals surface area contributed by atoms with Crippen LogP contribution in [-0.2, 0) is 4.74 Å². The zero-order chi connectivity index (χ0) is 24.9. The molecule has 1 amide bonds. The predicted molar refractivity (Wildman–Crippen MR) is 136 cm³/mol. The lowest BCUT2D eigenvalue weighted by Gasteiger charge is -2.26. The zero-order valence-electron chi connectivity index (χ0n) is 21.1. The second-order valence-corrected chi connectivity index (χ2v) is 9.21. The Hall–Kier alpha value is -3.32. The topological polar surface area (TPSA) is 87.7 Å². The van der Waals surface area contributed by atoms with E-state index in [1.54, 1.807) is 13.2 Å². The van der Waals surface area contributed by atoms with E-state index < -0.39 is 0 Å². The van der Waals surface area contributed by atoms with Gasteiger partial charge in [-0.25, -0.2) is 0 Å². The van der Waals surface area contributed by atoms with Gasteiger partial charge in [0.15, 0.2) is 0 Å². The summed E-state index contributed by atoms with van der Waals surface area (Å²) in [5, 5.41) is 18.3. The van der Waals surface area contributed by atoms with E-state index in [1.165, 1.54) is 0 Å². The summed E-state index contributed by atoms with van der Waals surface area (Å²) in [6.07, 6.45) is 4.06. The molecule has 2 aromatic carbocycles. The van der Waals surface area contributed by atoms with Crippen molar-refractivity contribution in [2.45, 2.75) is 52.5 Å². The zero-order valence-corrected chi connectivity index (χ0v) is 21.1. The van der Waals surface area contributed by atoms with Crippen LogP contribution >= 0.6 is 0 Å². The Morgan fingerprint density at radius 2 is 1.86 bits per heavy atom. The van der Waals surface area contributed by atoms with Gasteiger partial charge in [0.1, 0.15) is 22.9 Å². The van der Waals surface area contributed by atoms with Crippen molar-refractivity contribution in [1.82, 2.24) is 15.1 Å². The summed E-state index contributed by atoms with van der Waals surface area (Å²) in [5.41, 5.74) is 5.40. The first kappa shape index (κ1) is 24.8. The first-order chi connectivity index (χ1) is 17.0. The number of amides is 1. The Morgan fingerprint density at radius 3 is 2.54 bits per heavy atom. The van der Waals surface area contributed by atoms with Crippen molar-refractivity contribution in [3.8, 4) is 22.8 Å². The van der Waals surface area contributed by atoms with Crippen molar-refractivity contribution in [3.63, 3.8) is 0 Å². The summed E-state index contributed by atoms with van der Waals surface area (Å²) in [5.74, 6) is 0.889. The SMILES string of the molecule is CCCCCOc1ccc(C2c3c(-c4c(C)cc(C)cc4O)n[nH]c3C(=O)N2CCCOC)cc1. The fraction of sp³-hybridized carbons (Fsp3) is 0.429. The van der Waals surface area contributed by atoms with Crippen molar-refractivity contribution in [3.05, 3.63) is 64.3 Å². The Bertz CT molecular complexity index is 1150. The summed E-state index contributed by atoms with van der Waals surface area (Å²) < 4.78 is 11.1. The Morgan fingerprint density at radius 1 is 1.09 bits per heavy atom. The normalized spacial score (nSPS) is 15.0. The van der Waals surface area contributed by atoms with Crippen molar-refractivity contribution in [2.24, 2.45) is 0 Å². The Kier molecular flexibility index (Phi) is 7.76. The van der Waals surface area contributed by atoms with E-state index >= 15 is 0 Å². The van der Waals surface area contributed by atoms with Crippen LogP contribution in [0.5, 0.6) is 11.5 Å². The molecule has 0 saturated carbocycles. The maximum absolute atomic E-state index is 13.4. The third kappa shape index (κ3) is 5.05. The molecule has 3 aromatic rings. The smallest absolute Gasteiger partial charge is 0.273 e. The second-order valence-electron chi connectivity index (χ2n) is 9.21. The highest BCUT2D eigenvalue weighted by Gasteiger charge is 2.42. The highest BCUT2D eigenvalue weighted by Crippen LogP contribution is 2.45. The van der Waals surface area contributed by atoms with Crippen LogP contribution in [0.25, 0.3) is 11.3 Å². The summed E-state index contributed by atoms with van der Waals surface area (Å²) in [7, 11) is 1.66. The number of hydrogen-bond acceptors (Lipinski definition) is 5. The minimum Gasteiger partial charge on any atom is -0.507 e. The maximum atomic E-state index is 13.4. The molecular weight excluding hydrogens is 442 g/mol. The van der Waals surface area contributed by atoms with Crippen molar-refractivity contribution >= 4 is 5.91 Å². The first-order valence-corrected chi connectivity index (χ1v) is 12.4.